The molecule has 0 amide bonds. The van der Waals surface area contributed by atoms with Crippen LogP contribution in [0.5, 0.6) is 0 Å². The molecule has 0 radical (unpaired) electrons. The molecule has 0 spiro atoms. The number of aromatic nitrogens is 1. The van der Waals surface area contributed by atoms with Gasteiger partial charge in [0.15, 0.2) is 0 Å². The molecular formula is C13H18N2S. The van der Waals surface area contributed by atoms with E-state index >= 15 is 0 Å². The molecule has 1 fully saturated rings. The molecule has 1 atom stereocenters. The average molecular weight is 234 g/mol. The zero-order valence-corrected chi connectivity index (χ0v) is 10.6. The van der Waals surface area contributed by atoms with E-state index in [9.17, 15) is 0 Å². The highest BCUT2D eigenvalue weighted by molar-refractivity contribution is 8.07. The summed E-state index contributed by atoms with van der Waals surface area (Å²) in [4.78, 5) is 4.89. The Hall–Kier alpha value is -0.540. The summed E-state index contributed by atoms with van der Waals surface area (Å²) in [5.74, 6) is 1.25. The average Bonchev–Trinajstić information content (AvgIpc) is 3.13. The van der Waals surface area contributed by atoms with Crippen molar-refractivity contribution in [2.45, 2.75) is 37.5 Å². The van der Waals surface area contributed by atoms with E-state index in [0.717, 1.165) is 13.1 Å². The Balaban J connectivity index is 1.95. The van der Waals surface area contributed by atoms with Crippen molar-refractivity contribution in [1.29, 1.82) is 0 Å². The molecule has 0 aliphatic carbocycles. The number of nitrogens with one attached hydrogen (secondary N) is 1. The molecule has 2 nitrogen and oxygen atoms in total. The Kier molecular flexibility index (Phi) is 2.68. The summed E-state index contributed by atoms with van der Waals surface area (Å²) in [5, 5.41) is 3.45. The van der Waals surface area contributed by atoms with Crippen LogP contribution in [0, 0.1) is 0 Å². The van der Waals surface area contributed by atoms with Crippen molar-refractivity contribution >= 4 is 11.8 Å². The van der Waals surface area contributed by atoms with Gasteiger partial charge < -0.3 is 5.32 Å². The minimum absolute atomic E-state index is 0.362. The Morgan fingerprint density at radius 2 is 2.38 bits per heavy atom. The second-order valence-corrected chi connectivity index (χ2v) is 6.08. The van der Waals surface area contributed by atoms with Crippen LogP contribution in [0.4, 0.5) is 0 Å². The van der Waals surface area contributed by atoms with Crippen LogP contribution in [0.2, 0.25) is 0 Å². The van der Waals surface area contributed by atoms with Crippen LogP contribution in [0.25, 0.3) is 0 Å². The molecule has 1 saturated heterocycles. The summed E-state index contributed by atoms with van der Waals surface area (Å²) in [6.45, 7) is 4.35. The highest BCUT2D eigenvalue weighted by Gasteiger charge is 2.45. The Morgan fingerprint density at radius 3 is 3.12 bits per heavy atom. The van der Waals surface area contributed by atoms with E-state index in [2.05, 4.69) is 24.4 Å². The molecule has 0 saturated carbocycles. The predicted molar refractivity (Wildman–Crippen MR) is 68.7 cm³/mol. The number of rotatable bonds is 2. The lowest BCUT2D eigenvalue weighted by Crippen LogP contribution is -2.15. The smallest absolute Gasteiger partial charge is 0.0668 e. The fraction of sp³-hybridized carbons (Fsp3) is 0.615. The fourth-order valence-electron chi connectivity index (χ4n) is 2.40. The lowest BCUT2D eigenvalue weighted by molar-refractivity contribution is 0.665. The van der Waals surface area contributed by atoms with Gasteiger partial charge in [0.2, 0.25) is 0 Å². The molecule has 16 heavy (non-hydrogen) atoms. The van der Waals surface area contributed by atoms with E-state index in [1.54, 1.807) is 0 Å². The molecule has 2 aliphatic heterocycles. The van der Waals surface area contributed by atoms with Crippen LogP contribution in [0.3, 0.4) is 0 Å². The summed E-state index contributed by atoms with van der Waals surface area (Å²) in [6.07, 6.45) is 3.63. The first-order chi connectivity index (χ1) is 7.84. The maximum atomic E-state index is 4.89. The van der Waals surface area contributed by atoms with Crippen LogP contribution >= 0.6 is 11.8 Å². The Morgan fingerprint density at radius 1 is 1.50 bits per heavy atom. The molecule has 0 bridgehead atoms. The molecule has 1 N–H and O–H groups in total. The van der Waals surface area contributed by atoms with E-state index in [1.165, 1.54) is 42.0 Å². The molecule has 3 heterocycles. The summed E-state index contributed by atoms with van der Waals surface area (Å²) < 4.78 is 0.362. The van der Waals surface area contributed by atoms with Gasteiger partial charge in [-0.05, 0) is 37.4 Å². The highest BCUT2D eigenvalue weighted by Crippen LogP contribution is 2.55. The number of fused-ring (bicyclic) bond motifs is 1. The van der Waals surface area contributed by atoms with Gasteiger partial charge in [-0.1, -0.05) is 13.0 Å². The number of pyridine rings is 1. The lowest BCUT2D eigenvalue weighted by Gasteiger charge is -2.13. The first-order valence-corrected chi connectivity index (χ1v) is 7.16. The number of hydrogen-bond acceptors (Lipinski definition) is 3. The topological polar surface area (TPSA) is 24.9 Å². The molecule has 1 aromatic heterocycles. The van der Waals surface area contributed by atoms with Crippen molar-refractivity contribution < 1.29 is 0 Å². The maximum Gasteiger partial charge on any atom is 0.0668 e. The van der Waals surface area contributed by atoms with E-state index in [-0.39, 0.29) is 0 Å². The fourth-order valence-corrected chi connectivity index (χ4v) is 3.39. The number of hydrogen-bond donors (Lipinski definition) is 1. The quantitative estimate of drug-likeness (QED) is 0.796. The van der Waals surface area contributed by atoms with E-state index in [4.69, 9.17) is 4.98 Å². The second-order valence-electron chi connectivity index (χ2n) is 4.72. The molecule has 3 heteroatoms. The Bertz CT molecular complexity index is 399. The normalized spacial score (nSPS) is 28.3. The van der Waals surface area contributed by atoms with Crippen molar-refractivity contribution in [1.82, 2.24) is 10.3 Å². The molecule has 1 aromatic rings. The summed E-state index contributed by atoms with van der Waals surface area (Å²) in [6, 6.07) is 4.56. The third-order valence-electron chi connectivity index (χ3n) is 3.69. The minimum Gasteiger partial charge on any atom is -0.311 e. The highest BCUT2D eigenvalue weighted by atomic mass is 32.2. The molecule has 1 unspecified atom stereocenters. The van der Waals surface area contributed by atoms with Crippen molar-refractivity contribution in [2.24, 2.45) is 0 Å². The first-order valence-electron chi connectivity index (χ1n) is 6.18. The third kappa shape index (κ3) is 1.76. The first kappa shape index (κ1) is 10.6. The van der Waals surface area contributed by atoms with Gasteiger partial charge in [0, 0.05) is 12.3 Å². The van der Waals surface area contributed by atoms with Crippen molar-refractivity contribution in [2.75, 3.05) is 12.3 Å². The van der Waals surface area contributed by atoms with Gasteiger partial charge in [-0.25, -0.2) is 0 Å². The number of thioether (sulfide) groups is 1. The summed E-state index contributed by atoms with van der Waals surface area (Å²) >= 11 is 2.04. The SMILES string of the molecule is CCC1(c2ccc3c(n2)CNCCC3)CS1. The Labute approximate surface area is 101 Å². The van der Waals surface area contributed by atoms with Gasteiger partial charge in [-0.2, -0.15) is 0 Å². The number of aryl methyl sites for hydroxylation is 1. The van der Waals surface area contributed by atoms with Gasteiger partial charge in [0.25, 0.3) is 0 Å². The zero-order chi connectivity index (χ0) is 11.0. The molecule has 86 valence electrons. The minimum atomic E-state index is 0.362. The van der Waals surface area contributed by atoms with Gasteiger partial charge in [-0.15, -0.1) is 11.8 Å². The third-order valence-corrected chi connectivity index (χ3v) is 5.17. The van der Waals surface area contributed by atoms with E-state index in [0.29, 0.717) is 4.75 Å². The molecular weight excluding hydrogens is 216 g/mol. The van der Waals surface area contributed by atoms with Crippen LogP contribution in [-0.4, -0.2) is 17.3 Å². The lowest BCUT2D eigenvalue weighted by atomic mass is 10.0. The standard InChI is InChI=1S/C13H18N2S/c1-2-13(9-16-13)12-6-5-10-4-3-7-14-8-11(10)15-12/h5-6,14H,2-4,7-9H2,1H3. The van der Waals surface area contributed by atoms with E-state index in [1.807, 2.05) is 11.8 Å². The van der Waals surface area contributed by atoms with Crippen LogP contribution in [-0.2, 0) is 17.7 Å². The van der Waals surface area contributed by atoms with Crippen LogP contribution in [0.15, 0.2) is 12.1 Å². The maximum absolute atomic E-state index is 4.89. The second kappa shape index (κ2) is 4.04. The predicted octanol–water partition coefficient (Wildman–Crippen LogP) is 2.47. The van der Waals surface area contributed by atoms with Crippen LogP contribution in [0.1, 0.15) is 36.7 Å². The van der Waals surface area contributed by atoms with E-state index < -0.39 is 0 Å². The van der Waals surface area contributed by atoms with Crippen molar-refractivity contribution in [3.8, 4) is 0 Å². The molecule has 0 aromatic carbocycles. The summed E-state index contributed by atoms with van der Waals surface area (Å²) in [7, 11) is 0. The largest absolute Gasteiger partial charge is 0.311 e. The van der Waals surface area contributed by atoms with Gasteiger partial charge in [0.1, 0.15) is 0 Å². The molecule has 2 aliphatic rings. The van der Waals surface area contributed by atoms with Crippen molar-refractivity contribution in [3.05, 3.63) is 29.1 Å². The number of nitrogens with zero attached hydrogens (tertiary/aromatic N) is 1. The van der Waals surface area contributed by atoms with Gasteiger partial charge >= 0.3 is 0 Å². The zero-order valence-electron chi connectivity index (χ0n) is 9.75. The molecule has 3 rings (SSSR count). The van der Waals surface area contributed by atoms with Gasteiger partial charge in [0.05, 0.1) is 16.1 Å². The van der Waals surface area contributed by atoms with Gasteiger partial charge in [-0.3, -0.25) is 4.98 Å². The summed E-state index contributed by atoms with van der Waals surface area (Å²) in [5.41, 5.74) is 4.04. The van der Waals surface area contributed by atoms with Crippen molar-refractivity contribution in [3.63, 3.8) is 0 Å². The monoisotopic (exact) mass is 234 g/mol. The van der Waals surface area contributed by atoms with Crippen LogP contribution < -0.4 is 5.32 Å².